The van der Waals surface area contributed by atoms with E-state index in [4.69, 9.17) is 0 Å². The van der Waals surface area contributed by atoms with Crippen molar-refractivity contribution in [2.24, 2.45) is 0 Å². The van der Waals surface area contributed by atoms with Gasteiger partial charge in [-0.2, -0.15) is 0 Å². The summed E-state index contributed by atoms with van der Waals surface area (Å²) in [7, 11) is 0. The van der Waals surface area contributed by atoms with Crippen LogP contribution in [-0.2, 0) is 12.8 Å². The first-order chi connectivity index (χ1) is 18.9. The van der Waals surface area contributed by atoms with Crippen LogP contribution in [0.4, 0.5) is 0 Å². The molecule has 1 nitrogen and oxygen atoms in total. The molecule has 39 heavy (non-hydrogen) atoms. The van der Waals surface area contributed by atoms with Gasteiger partial charge in [0.2, 0.25) is 0 Å². The molecule has 3 aromatic carbocycles. The van der Waals surface area contributed by atoms with Crippen LogP contribution in [0.1, 0.15) is 150 Å². The van der Waals surface area contributed by atoms with Gasteiger partial charge in [-0.1, -0.05) is 141 Å². The lowest BCUT2D eigenvalue weighted by molar-refractivity contribution is 0.451. The monoisotopic (exact) mass is 526 g/mol. The maximum Gasteiger partial charge on any atom is 0.119 e. The van der Waals surface area contributed by atoms with Gasteiger partial charge in [-0.15, -0.1) is 0 Å². The molecule has 3 rings (SSSR count). The van der Waals surface area contributed by atoms with Crippen LogP contribution in [0, 0.1) is 0 Å². The Hall–Kier alpha value is -2.54. The van der Waals surface area contributed by atoms with E-state index >= 15 is 0 Å². The summed E-state index contributed by atoms with van der Waals surface area (Å²) in [6.45, 7) is 14.0. The van der Waals surface area contributed by atoms with Gasteiger partial charge in [-0.05, 0) is 83.2 Å². The summed E-state index contributed by atoms with van der Waals surface area (Å²) in [5.41, 5.74) is 8.30. The highest BCUT2D eigenvalue weighted by Crippen LogP contribution is 2.45. The van der Waals surface area contributed by atoms with E-state index in [0.717, 1.165) is 18.4 Å². The molecule has 0 aliphatic heterocycles. The summed E-state index contributed by atoms with van der Waals surface area (Å²) >= 11 is 0. The second kappa shape index (κ2) is 15.9. The van der Waals surface area contributed by atoms with Gasteiger partial charge in [0.25, 0.3) is 0 Å². The Morgan fingerprint density at radius 2 is 0.923 bits per heavy atom. The fraction of sp³-hybridized carbons (Fsp3) is 0.526. The van der Waals surface area contributed by atoms with Crippen molar-refractivity contribution in [2.75, 3.05) is 0 Å². The van der Waals surface area contributed by atoms with E-state index < -0.39 is 0 Å². The first-order valence-corrected chi connectivity index (χ1v) is 15.9. The van der Waals surface area contributed by atoms with Crippen LogP contribution in [-0.4, -0.2) is 5.11 Å². The van der Waals surface area contributed by atoms with Gasteiger partial charge >= 0.3 is 0 Å². The summed E-state index contributed by atoms with van der Waals surface area (Å²) in [5.74, 6) is 1.67. The Balaban J connectivity index is 1.87. The quantitative estimate of drug-likeness (QED) is 0.184. The minimum absolute atomic E-state index is 0.219. The van der Waals surface area contributed by atoms with Crippen molar-refractivity contribution >= 4 is 0 Å². The van der Waals surface area contributed by atoms with E-state index in [9.17, 15) is 5.11 Å². The summed E-state index contributed by atoms with van der Waals surface area (Å²) < 4.78 is 0. The second-order valence-electron chi connectivity index (χ2n) is 12.0. The molecule has 0 fully saturated rings. The zero-order chi connectivity index (χ0) is 28.2. The number of unbranched alkanes of at least 4 members (excludes halogenated alkanes) is 6. The zero-order valence-corrected chi connectivity index (χ0v) is 25.7. The third-order valence-corrected chi connectivity index (χ3v) is 9.25. The van der Waals surface area contributed by atoms with Gasteiger partial charge in [0.1, 0.15) is 5.75 Å². The lowest BCUT2D eigenvalue weighted by Crippen LogP contribution is -2.14. The van der Waals surface area contributed by atoms with Crippen molar-refractivity contribution < 1.29 is 5.11 Å². The van der Waals surface area contributed by atoms with Crippen molar-refractivity contribution in [1.29, 1.82) is 0 Å². The standard InChI is InChI=1S/C38H54O/c1-7-9-11-13-20-32-22-15-17-24-34(32)28(3)29(4)36-26-19-27-37(39)38(36)31(6)30(5)35-25-18-16-23-33(35)21-14-12-10-8-2/h15-19,22-31,39H,7-14,20-21H2,1-6H3. The molecule has 0 aliphatic carbocycles. The number of hydrogen-bond acceptors (Lipinski definition) is 1. The lowest BCUT2D eigenvalue weighted by atomic mass is 9.74. The molecule has 0 aliphatic rings. The molecule has 0 amide bonds. The number of hydrogen-bond donors (Lipinski definition) is 1. The highest BCUT2D eigenvalue weighted by atomic mass is 16.3. The maximum absolute atomic E-state index is 11.2. The van der Waals surface area contributed by atoms with E-state index in [-0.39, 0.29) is 5.92 Å². The maximum atomic E-state index is 11.2. The summed E-state index contributed by atoms with van der Waals surface area (Å²) in [6, 6.07) is 24.2. The first kappa shape index (κ1) is 31.0. The fourth-order valence-electron chi connectivity index (χ4n) is 6.42. The van der Waals surface area contributed by atoms with Crippen molar-refractivity contribution in [2.45, 2.75) is 129 Å². The molecule has 0 heterocycles. The number of phenols is 1. The Kier molecular flexibility index (Phi) is 12.6. The molecule has 3 aromatic rings. The Morgan fingerprint density at radius 1 is 0.487 bits per heavy atom. The molecule has 212 valence electrons. The van der Waals surface area contributed by atoms with E-state index in [0.29, 0.717) is 23.5 Å². The van der Waals surface area contributed by atoms with Crippen LogP contribution in [0.15, 0.2) is 66.7 Å². The molecule has 4 atom stereocenters. The summed E-state index contributed by atoms with van der Waals surface area (Å²) in [5, 5.41) is 11.2. The third kappa shape index (κ3) is 8.23. The predicted molar refractivity (Wildman–Crippen MR) is 170 cm³/mol. The Labute approximate surface area is 240 Å². The van der Waals surface area contributed by atoms with Crippen molar-refractivity contribution in [3.05, 3.63) is 100 Å². The van der Waals surface area contributed by atoms with Gasteiger partial charge < -0.3 is 5.11 Å². The van der Waals surface area contributed by atoms with Gasteiger partial charge in [-0.25, -0.2) is 0 Å². The lowest BCUT2D eigenvalue weighted by Gasteiger charge is -2.30. The summed E-state index contributed by atoms with van der Waals surface area (Å²) in [6.07, 6.45) is 12.6. The first-order valence-electron chi connectivity index (χ1n) is 15.9. The average molecular weight is 527 g/mol. The molecule has 0 radical (unpaired) electrons. The van der Waals surface area contributed by atoms with Crippen LogP contribution in [0.2, 0.25) is 0 Å². The van der Waals surface area contributed by atoms with Crippen LogP contribution in [0.25, 0.3) is 0 Å². The Morgan fingerprint density at radius 3 is 1.44 bits per heavy atom. The van der Waals surface area contributed by atoms with Crippen LogP contribution in [0.5, 0.6) is 5.75 Å². The zero-order valence-electron chi connectivity index (χ0n) is 25.7. The molecule has 0 saturated heterocycles. The van der Waals surface area contributed by atoms with Crippen LogP contribution in [0.3, 0.4) is 0 Å². The van der Waals surface area contributed by atoms with Crippen LogP contribution >= 0.6 is 0 Å². The molecule has 0 spiro atoms. The summed E-state index contributed by atoms with van der Waals surface area (Å²) in [4.78, 5) is 0. The SMILES string of the molecule is CCCCCCc1ccccc1C(C)C(C)c1cccc(O)c1C(C)C(C)c1ccccc1CCCCCC. The molecule has 1 heteroatoms. The molecule has 0 aromatic heterocycles. The van der Waals surface area contributed by atoms with Gasteiger partial charge in [0.15, 0.2) is 0 Å². The molecule has 0 bridgehead atoms. The van der Waals surface area contributed by atoms with E-state index in [1.807, 2.05) is 12.1 Å². The van der Waals surface area contributed by atoms with Crippen molar-refractivity contribution in [1.82, 2.24) is 0 Å². The minimum Gasteiger partial charge on any atom is -0.508 e. The van der Waals surface area contributed by atoms with Gasteiger partial charge in [-0.3, -0.25) is 0 Å². The van der Waals surface area contributed by atoms with E-state index in [1.165, 1.54) is 79.2 Å². The molecule has 4 unspecified atom stereocenters. The number of phenolic OH excluding ortho intramolecular Hbond substituents is 1. The van der Waals surface area contributed by atoms with Crippen molar-refractivity contribution in [3.63, 3.8) is 0 Å². The van der Waals surface area contributed by atoms with E-state index in [1.54, 1.807) is 0 Å². The predicted octanol–water partition coefficient (Wildman–Crippen LogP) is 11.5. The van der Waals surface area contributed by atoms with Gasteiger partial charge in [0.05, 0.1) is 0 Å². The highest BCUT2D eigenvalue weighted by molar-refractivity contribution is 5.47. The highest BCUT2D eigenvalue weighted by Gasteiger charge is 2.28. The largest absolute Gasteiger partial charge is 0.508 e. The molecular formula is C38H54O. The second-order valence-corrected chi connectivity index (χ2v) is 12.0. The number of rotatable bonds is 16. The molecule has 0 saturated carbocycles. The molecular weight excluding hydrogens is 472 g/mol. The Bertz CT molecular complexity index is 1130. The normalized spacial score (nSPS) is 14.6. The topological polar surface area (TPSA) is 20.2 Å². The number of aromatic hydroxyl groups is 1. The number of benzene rings is 3. The van der Waals surface area contributed by atoms with Gasteiger partial charge in [0, 0.05) is 5.56 Å². The third-order valence-electron chi connectivity index (χ3n) is 9.25. The van der Waals surface area contributed by atoms with Crippen LogP contribution < -0.4 is 0 Å². The number of aryl methyl sites for hydroxylation is 2. The minimum atomic E-state index is 0.219. The van der Waals surface area contributed by atoms with Crippen molar-refractivity contribution in [3.8, 4) is 5.75 Å². The fourth-order valence-corrected chi connectivity index (χ4v) is 6.42. The molecule has 1 N–H and O–H groups in total. The average Bonchev–Trinajstić information content (AvgIpc) is 2.96. The smallest absolute Gasteiger partial charge is 0.119 e. The van der Waals surface area contributed by atoms with E-state index in [2.05, 4.69) is 96.1 Å².